The predicted molar refractivity (Wildman–Crippen MR) is 101 cm³/mol. The molecule has 3 aromatic rings. The van der Waals surface area contributed by atoms with Crippen LogP contribution in [0.15, 0.2) is 36.4 Å². The van der Waals surface area contributed by atoms with Gasteiger partial charge in [0.25, 0.3) is 5.91 Å². The number of carbonyl (C=O) groups is 1. The molecule has 128 valence electrons. The number of nitrogens with zero attached hydrogens (tertiary/aromatic N) is 2. The maximum atomic E-state index is 12.4. The summed E-state index contributed by atoms with van der Waals surface area (Å²) in [6.07, 6.45) is 2.00. The maximum Gasteiger partial charge on any atom is 0.267 e. The summed E-state index contributed by atoms with van der Waals surface area (Å²) in [6, 6.07) is 11.3. The Balaban J connectivity index is 1.48. The smallest absolute Gasteiger partial charge is 0.267 e. The van der Waals surface area contributed by atoms with Crippen LogP contribution in [0.1, 0.15) is 33.6 Å². The Kier molecular flexibility index (Phi) is 4.80. The van der Waals surface area contributed by atoms with Crippen molar-refractivity contribution in [2.45, 2.75) is 18.9 Å². The second kappa shape index (κ2) is 7.21. The monoisotopic (exact) mass is 391 g/mol. The fourth-order valence-corrected chi connectivity index (χ4v) is 4.67. The summed E-state index contributed by atoms with van der Waals surface area (Å²) < 4.78 is 5.59. The summed E-state index contributed by atoms with van der Waals surface area (Å²) in [5.74, 6) is -0.196. The van der Waals surface area contributed by atoms with E-state index >= 15 is 0 Å². The molecule has 25 heavy (non-hydrogen) atoms. The van der Waals surface area contributed by atoms with Gasteiger partial charge in [0.05, 0.1) is 4.88 Å². The second-order valence-corrected chi connectivity index (χ2v) is 8.05. The molecule has 0 unspecified atom stereocenters. The normalized spacial score (nSPS) is 16.9. The van der Waals surface area contributed by atoms with Crippen molar-refractivity contribution in [3.63, 3.8) is 0 Å². The molecule has 1 N–H and O–H groups in total. The number of nitrogens with one attached hydrogen (secondary N) is 1. The van der Waals surface area contributed by atoms with Crippen LogP contribution in [-0.4, -0.2) is 22.7 Å². The van der Waals surface area contributed by atoms with E-state index in [-0.39, 0.29) is 12.0 Å². The Morgan fingerprint density at radius 1 is 1.20 bits per heavy atom. The summed E-state index contributed by atoms with van der Waals surface area (Å²) in [5.41, 5.74) is 0.921. The Morgan fingerprint density at radius 3 is 2.88 bits per heavy atom. The number of carbonyl (C=O) groups excluding carboxylic acids is 1. The lowest BCUT2D eigenvalue weighted by atomic mass is 10.2. The van der Waals surface area contributed by atoms with Crippen molar-refractivity contribution in [3.05, 3.63) is 51.3 Å². The maximum absolute atomic E-state index is 12.4. The number of hydrogen-bond donors (Lipinski definition) is 1. The molecule has 8 heteroatoms. The van der Waals surface area contributed by atoms with E-state index in [2.05, 4.69) is 15.5 Å². The number of thiophene rings is 1. The molecule has 0 saturated carbocycles. The van der Waals surface area contributed by atoms with Gasteiger partial charge in [-0.15, -0.1) is 21.5 Å². The Bertz CT molecular complexity index is 903. The molecule has 0 aliphatic carbocycles. The molecule has 1 aliphatic rings. The van der Waals surface area contributed by atoms with Gasteiger partial charge in [-0.25, -0.2) is 0 Å². The van der Waals surface area contributed by atoms with Gasteiger partial charge in [-0.3, -0.25) is 10.1 Å². The number of rotatable bonds is 4. The first-order chi connectivity index (χ1) is 12.2. The molecule has 3 heterocycles. The van der Waals surface area contributed by atoms with Crippen molar-refractivity contribution < 1.29 is 9.53 Å². The van der Waals surface area contributed by atoms with E-state index in [4.69, 9.17) is 16.3 Å². The van der Waals surface area contributed by atoms with Crippen molar-refractivity contribution in [2.75, 3.05) is 11.9 Å². The molecule has 0 radical (unpaired) electrons. The molecule has 1 aliphatic heterocycles. The van der Waals surface area contributed by atoms with Gasteiger partial charge in [-0.2, -0.15) is 0 Å². The Hall–Kier alpha value is -1.80. The number of amides is 1. The van der Waals surface area contributed by atoms with E-state index < -0.39 is 0 Å². The minimum absolute atomic E-state index is 0.0108. The zero-order valence-electron chi connectivity index (χ0n) is 13.1. The SMILES string of the molecule is O=C(Nc1nnc([C@H]2CCCO2)s1)c1ccc(-c2ccccc2Cl)s1. The molecule has 1 saturated heterocycles. The van der Waals surface area contributed by atoms with E-state index in [0.717, 1.165) is 34.9 Å². The third kappa shape index (κ3) is 3.59. The molecule has 1 aromatic carbocycles. The molecule has 1 fully saturated rings. The van der Waals surface area contributed by atoms with Crippen molar-refractivity contribution in [3.8, 4) is 10.4 Å². The third-order valence-electron chi connectivity index (χ3n) is 3.84. The van der Waals surface area contributed by atoms with Gasteiger partial charge in [-0.1, -0.05) is 41.1 Å². The zero-order valence-corrected chi connectivity index (χ0v) is 15.5. The van der Waals surface area contributed by atoms with Crippen molar-refractivity contribution in [1.29, 1.82) is 0 Å². The van der Waals surface area contributed by atoms with Gasteiger partial charge in [0.1, 0.15) is 11.1 Å². The highest BCUT2D eigenvalue weighted by molar-refractivity contribution is 7.18. The number of ether oxygens (including phenoxy) is 1. The first kappa shape index (κ1) is 16.7. The summed E-state index contributed by atoms with van der Waals surface area (Å²) >= 11 is 8.98. The van der Waals surface area contributed by atoms with Crippen LogP contribution in [0.4, 0.5) is 5.13 Å². The van der Waals surface area contributed by atoms with Crippen LogP contribution in [0, 0.1) is 0 Å². The average molecular weight is 392 g/mol. The highest BCUT2D eigenvalue weighted by atomic mass is 35.5. The van der Waals surface area contributed by atoms with Crippen LogP contribution in [0.2, 0.25) is 5.02 Å². The fourth-order valence-electron chi connectivity index (χ4n) is 2.61. The Labute approximate surface area is 157 Å². The van der Waals surface area contributed by atoms with Crippen molar-refractivity contribution in [2.24, 2.45) is 0 Å². The number of hydrogen-bond acceptors (Lipinski definition) is 6. The first-order valence-electron chi connectivity index (χ1n) is 7.82. The van der Waals surface area contributed by atoms with Crippen LogP contribution in [0.5, 0.6) is 0 Å². The van der Waals surface area contributed by atoms with E-state index in [1.807, 2.05) is 30.3 Å². The standard InChI is InChI=1S/C17H14ClN3O2S2/c18-11-5-2-1-4-10(11)13-7-8-14(24-13)15(22)19-17-21-20-16(25-17)12-6-3-9-23-12/h1-2,4-5,7-8,12H,3,6,9H2,(H,19,21,22)/t12-/m1/s1. The van der Waals surface area contributed by atoms with E-state index in [0.29, 0.717) is 15.0 Å². The van der Waals surface area contributed by atoms with Crippen molar-refractivity contribution in [1.82, 2.24) is 10.2 Å². The fraction of sp³-hybridized carbons (Fsp3) is 0.235. The topological polar surface area (TPSA) is 64.1 Å². The molecule has 1 amide bonds. The first-order valence-corrected chi connectivity index (χ1v) is 9.83. The highest BCUT2D eigenvalue weighted by Gasteiger charge is 2.22. The summed E-state index contributed by atoms with van der Waals surface area (Å²) in [6.45, 7) is 0.756. The van der Waals surface area contributed by atoms with E-state index in [1.165, 1.54) is 22.7 Å². The number of benzene rings is 1. The van der Waals surface area contributed by atoms with Crippen molar-refractivity contribution >= 4 is 45.3 Å². The molecule has 1 atom stereocenters. The predicted octanol–water partition coefficient (Wildman–Crippen LogP) is 5.02. The van der Waals surface area contributed by atoms with Crippen LogP contribution in [0.3, 0.4) is 0 Å². The van der Waals surface area contributed by atoms with Gasteiger partial charge in [0, 0.05) is 22.1 Å². The number of aromatic nitrogens is 2. The minimum atomic E-state index is -0.196. The van der Waals surface area contributed by atoms with Crippen LogP contribution >= 0.6 is 34.3 Å². The lowest BCUT2D eigenvalue weighted by Crippen LogP contribution is -2.09. The molecule has 0 bridgehead atoms. The van der Waals surface area contributed by atoms with Gasteiger partial charge >= 0.3 is 0 Å². The lowest BCUT2D eigenvalue weighted by Gasteiger charge is -2.02. The summed E-state index contributed by atoms with van der Waals surface area (Å²) in [4.78, 5) is 14.0. The van der Waals surface area contributed by atoms with E-state index in [1.54, 1.807) is 6.07 Å². The summed E-state index contributed by atoms with van der Waals surface area (Å²) in [5, 5.41) is 13.0. The quantitative estimate of drug-likeness (QED) is 0.677. The lowest BCUT2D eigenvalue weighted by molar-refractivity contribution is 0.103. The highest BCUT2D eigenvalue weighted by Crippen LogP contribution is 2.34. The zero-order chi connectivity index (χ0) is 17.2. The van der Waals surface area contributed by atoms with Crippen LogP contribution in [-0.2, 0) is 4.74 Å². The Morgan fingerprint density at radius 2 is 2.08 bits per heavy atom. The summed E-state index contributed by atoms with van der Waals surface area (Å²) in [7, 11) is 0. The number of anilines is 1. The molecule has 4 rings (SSSR count). The van der Waals surface area contributed by atoms with Crippen LogP contribution < -0.4 is 5.32 Å². The largest absolute Gasteiger partial charge is 0.371 e. The molecule has 2 aromatic heterocycles. The van der Waals surface area contributed by atoms with Gasteiger partial charge in [-0.05, 0) is 31.0 Å². The molecular weight excluding hydrogens is 378 g/mol. The molecule has 0 spiro atoms. The molecule has 5 nitrogen and oxygen atoms in total. The minimum Gasteiger partial charge on any atom is -0.371 e. The third-order valence-corrected chi connectivity index (χ3v) is 6.21. The van der Waals surface area contributed by atoms with Gasteiger partial charge in [0.15, 0.2) is 0 Å². The average Bonchev–Trinajstić information content (AvgIpc) is 3.36. The molecular formula is C17H14ClN3O2S2. The van der Waals surface area contributed by atoms with Gasteiger partial charge < -0.3 is 4.74 Å². The van der Waals surface area contributed by atoms with E-state index in [9.17, 15) is 4.79 Å². The number of halogens is 1. The van der Waals surface area contributed by atoms with Gasteiger partial charge in [0.2, 0.25) is 5.13 Å². The second-order valence-electron chi connectivity index (χ2n) is 5.54. The van der Waals surface area contributed by atoms with Crippen LogP contribution in [0.25, 0.3) is 10.4 Å².